The summed E-state index contributed by atoms with van der Waals surface area (Å²) in [5.41, 5.74) is 1.36. The Morgan fingerprint density at radius 1 is 1.22 bits per heavy atom. The highest BCUT2D eigenvalue weighted by Crippen LogP contribution is 2.24. The molecule has 0 bridgehead atoms. The molecule has 1 aliphatic rings. The summed E-state index contributed by atoms with van der Waals surface area (Å²) in [5, 5.41) is 5.41. The lowest BCUT2D eigenvalue weighted by Crippen LogP contribution is -2.32. The maximum absolute atomic E-state index is 12.9. The van der Waals surface area contributed by atoms with Crippen molar-refractivity contribution in [2.75, 3.05) is 19.7 Å². The van der Waals surface area contributed by atoms with Crippen molar-refractivity contribution in [3.8, 4) is 0 Å². The number of carbonyl (C=O) groups excluding carboxylic acids is 1. The van der Waals surface area contributed by atoms with Crippen LogP contribution in [0.5, 0.6) is 0 Å². The molecule has 0 radical (unpaired) electrons. The van der Waals surface area contributed by atoms with Crippen LogP contribution in [0.3, 0.4) is 0 Å². The Morgan fingerprint density at radius 2 is 1.93 bits per heavy atom. The smallest absolute Gasteiger partial charge is 0.272 e. The SMILES string of the molecule is C[Si](C)(C)CCOCn1nc(Br)c2cnc(C(=O)N3CCCCCC3)cc21. The predicted octanol–water partition coefficient (Wildman–Crippen LogP) is 4.52. The van der Waals surface area contributed by atoms with E-state index in [4.69, 9.17) is 4.74 Å². The van der Waals surface area contributed by atoms with Gasteiger partial charge in [0, 0.05) is 34.0 Å². The first-order valence-corrected chi connectivity index (χ1v) is 14.2. The molecule has 1 aliphatic heterocycles. The number of fused-ring (bicyclic) bond motifs is 1. The minimum Gasteiger partial charge on any atom is -0.360 e. The number of amides is 1. The highest BCUT2D eigenvalue weighted by Gasteiger charge is 2.20. The van der Waals surface area contributed by atoms with Gasteiger partial charge in [-0.3, -0.25) is 9.78 Å². The van der Waals surface area contributed by atoms with Gasteiger partial charge in [-0.2, -0.15) is 5.10 Å². The van der Waals surface area contributed by atoms with Gasteiger partial charge in [0.2, 0.25) is 0 Å². The van der Waals surface area contributed by atoms with E-state index in [9.17, 15) is 4.79 Å². The average molecular weight is 453 g/mol. The van der Waals surface area contributed by atoms with Gasteiger partial charge in [-0.15, -0.1) is 0 Å². The fourth-order valence-corrected chi connectivity index (χ4v) is 4.47. The first-order chi connectivity index (χ1) is 12.8. The molecule has 3 rings (SSSR count). The molecule has 0 aromatic carbocycles. The van der Waals surface area contributed by atoms with Gasteiger partial charge < -0.3 is 9.64 Å². The average Bonchev–Trinajstić information content (AvgIpc) is 2.80. The quantitative estimate of drug-likeness (QED) is 0.477. The van der Waals surface area contributed by atoms with Crippen molar-refractivity contribution in [1.29, 1.82) is 0 Å². The number of rotatable bonds is 6. The Balaban J connectivity index is 1.76. The van der Waals surface area contributed by atoms with Crippen molar-refractivity contribution in [1.82, 2.24) is 19.7 Å². The largest absolute Gasteiger partial charge is 0.360 e. The van der Waals surface area contributed by atoms with E-state index in [0.717, 1.165) is 54.1 Å². The van der Waals surface area contributed by atoms with Crippen LogP contribution in [0.4, 0.5) is 0 Å². The summed E-state index contributed by atoms with van der Waals surface area (Å²) in [6, 6.07) is 2.97. The molecule has 0 aliphatic carbocycles. The van der Waals surface area contributed by atoms with E-state index in [1.54, 1.807) is 6.20 Å². The number of nitrogens with zero attached hydrogens (tertiary/aromatic N) is 4. The number of ether oxygens (including phenoxy) is 1. The number of aromatic nitrogens is 3. The van der Waals surface area contributed by atoms with Crippen molar-refractivity contribution in [3.05, 3.63) is 22.6 Å². The Hall–Kier alpha value is -1.25. The molecule has 6 nitrogen and oxygen atoms in total. The second-order valence-corrected chi connectivity index (χ2v) is 14.8. The molecule has 1 fully saturated rings. The zero-order valence-electron chi connectivity index (χ0n) is 16.5. The summed E-state index contributed by atoms with van der Waals surface area (Å²) < 4.78 is 8.39. The van der Waals surface area contributed by atoms with E-state index >= 15 is 0 Å². The fraction of sp³-hybridized carbons (Fsp3) is 0.632. The molecule has 8 heteroatoms. The van der Waals surface area contributed by atoms with Gasteiger partial charge in [0.25, 0.3) is 5.91 Å². The molecule has 3 heterocycles. The van der Waals surface area contributed by atoms with Crippen LogP contribution in [0.15, 0.2) is 16.9 Å². The van der Waals surface area contributed by atoms with Crippen LogP contribution < -0.4 is 0 Å². The van der Waals surface area contributed by atoms with Gasteiger partial charge in [0.05, 0.1) is 10.9 Å². The first kappa shape index (κ1) is 20.5. The lowest BCUT2D eigenvalue weighted by atomic mass is 10.2. The topological polar surface area (TPSA) is 60.2 Å². The van der Waals surface area contributed by atoms with Gasteiger partial charge in [0.1, 0.15) is 17.0 Å². The Kier molecular flexibility index (Phi) is 6.70. The van der Waals surface area contributed by atoms with Crippen LogP contribution in [0.1, 0.15) is 36.2 Å². The standard InChI is InChI=1S/C19H29BrN4O2Si/c1-27(2,3)11-10-26-14-24-17-12-16(21-13-15(17)18(20)22-24)19(25)23-8-6-4-5-7-9-23/h12-13H,4-11,14H2,1-3H3. The van der Waals surface area contributed by atoms with E-state index in [0.29, 0.717) is 12.4 Å². The lowest BCUT2D eigenvalue weighted by Gasteiger charge is -2.19. The number of halogens is 1. The molecule has 1 saturated heterocycles. The van der Waals surface area contributed by atoms with Gasteiger partial charge in [-0.05, 0) is 40.9 Å². The number of hydrogen-bond acceptors (Lipinski definition) is 4. The Bertz CT molecular complexity index is 795. The third kappa shape index (κ3) is 5.39. The number of likely N-dealkylation sites (tertiary alicyclic amines) is 1. The zero-order chi connectivity index (χ0) is 19.4. The molecule has 0 spiro atoms. The monoisotopic (exact) mass is 452 g/mol. The minimum absolute atomic E-state index is 0.0160. The van der Waals surface area contributed by atoms with E-state index in [-0.39, 0.29) is 5.91 Å². The molecule has 148 valence electrons. The molecule has 2 aromatic rings. The summed E-state index contributed by atoms with van der Waals surface area (Å²) >= 11 is 3.49. The Labute approximate surface area is 170 Å². The highest BCUT2D eigenvalue weighted by molar-refractivity contribution is 9.10. The Morgan fingerprint density at radius 3 is 2.59 bits per heavy atom. The van der Waals surface area contributed by atoms with Crippen LogP contribution >= 0.6 is 15.9 Å². The summed E-state index contributed by atoms with van der Waals surface area (Å²) in [4.78, 5) is 19.2. The maximum Gasteiger partial charge on any atom is 0.272 e. The summed E-state index contributed by atoms with van der Waals surface area (Å²) in [6.07, 6.45) is 6.27. The molecule has 0 N–H and O–H groups in total. The van der Waals surface area contributed by atoms with Crippen molar-refractivity contribution < 1.29 is 9.53 Å². The van der Waals surface area contributed by atoms with Crippen LogP contribution in [0.25, 0.3) is 10.9 Å². The first-order valence-electron chi connectivity index (χ1n) is 9.74. The van der Waals surface area contributed by atoms with Crippen LogP contribution in [0.2, 0.25) is 25.7 Å². The van der Waals surface area contributed by atoms with Crippen LogP contribution in [-0.2, 0) is 11.5 Å². The molecular weight excluding hydrogens is 424 g/mol. The van der Waals surface area contributed by atoms with Crippen LogP contribution in [0, 0.1) is 0 Å². The maximum atomic E-state index is 12.9. The number of pyridine rings is 1. The summed E-state index contributed by atoms with van der Waals surface area (Å²) in [7, 11) is -1.12. The second-order valence-electron chi connectivity index (χ2n) is 8.43. The van der Waals surface area contributed by atoms with Crippen molar-refractivity contribution >= 4 is 40.8 Å². The third-order valence-electron chi connectivity index (χ3n) is 4.91. The normalized spacial score (nSPS) is 15.9. The van der Waals surface area contributed by atoms with Crippen molar-refractivity contribution in [2.24, 2.45) is 0 Å². The zero-order valence-corrected chi connectivity index (χ0v) is 19.1. The van der Waals surface area contributed by atoms with Crippen molar-refractivity contribution in [3.63, 3.8) is 0 Å². The lowest BCUT2D eigenvalue weighted by molar-refractivity contribution is 0.0754. The second kappa shape index (κ2) is 8.83. The summed E-state index contributed by atoms with van der Waals surface area (Å²) in [6.45, 7) is 9.77. The molecule has 27 heavy (non-hydrogen) atoms. The molecule has 0 saturated carbocycles. The fourth-order valence-electron chi connectivity index (χ4n) is 3.21. The molecule has 2 aromatic heterocycles. The molecule has 0 unspecified atom stereocenters. The van der Waals surface area contributed by atoms with Gasteiger partial charge >= 0.3 is 0 Å². The highest BCUT2D eigenvalue weighted by atomic mass is 79.9. The molecular formula is C19H29BrN4O2Si. The van der Waals surface area contributed by atoms with E-state index in [1.807, 2.05) is 15.6 Å². The third-order valence-corrected chi connectivity index (χ3v) is 7.20. The van der Waals surface area contributed by atoms with Crippen molar-refractivity contribution in [2.45, 2.75) is 58.1 Å². The van der Waals surface area contributed by atoms with E-state index < -0.39 is 8.07 Å². The molecule has 0 atom stereocenters. The van der Waals surface area contributed by atoms with Gasteiger partial charge in [-0.1, -0.05) is 32.5 Å². The molecule has 1 amide bonds. The summed E-state index contributed by atoms with van der Waals surface area (Å²) in [5.74, 6) is 0.0160. The predicted molar refractivity (Wildman–Crippen MR) is 114 cm³/mol. The van der Waals surface area contributed by atoms with E-state index in [2.05, 4.69) is 45.7 Å². The van der Waals surface area contributed by atoms with Gasteiger partial charge in [-0.25, -0.2) is 4.68 Å². The minimum atomic E-state index is -1.12. The van der Waals surface area contributed by atoms with Crippen LogP contribution in [-0.4, -0.2) is 53.3 Å². The van der Waals surface area contributed by atoms with E-state index in [1.165, 1.54) is 12.8 Å². The number of hydrogen-bond donors (Lipinski definition) is 0. The van der Waals surface area contributed by atoms with Gasteiger partial charge in [0.15, 0.2) is 0 Å². The number of carbonyl (C=O) groups is 1.